The Morgan fingerprint density at radius 2 is 1.76 bits per heavy atom. The molecule has 0 spiro atoms. The number of ether oxygens (including phenoxy) is 2. The molecular weight excluding hydrogens is 402 g/mol. The third-order valence-electron chi connectivity index (χ3n) is 2.97. The molecule has 0 aliphatic carbocycles. The zero-order valence-corrected chi connectivity index (χ0v) is 14.6. The van der Waals surface area contributed by atoms with E-state index in [0.717, 1.165) is 4.47 Å². The normalized spacial score (nSPS) is 10.3. The number of nitrogens with two attached hydrogens (primary N) is 1. The van der Waals surface area contributed by atoms with E-state index < -0.39 is 0 Å². The number of anilines is 1. The van der Waals surface area contributed by atoms with Gasteiger partial charge in [0.1, 0.15) is 11.5 Å². The lowest BCUT2D eigenvalue weighted by Crippen LogP contribution is -2.06. The summed E-state index contributed by atoms with van der Waals surface area (Å²) in [6.45, 7) is 0. The zero-order chi connectivity index (χ0) is 15.6. The second-order valence-electron chi connectivity index (χ2n) is 4.25. The van der Waals surface area contributed by atoms with Gasteiger partial charge in [0.2, 0.25) is 0 Å². The highest BCUT2D eigenvalue weighted by Crippen LogP contribution is 2.34. The van der Waals surface area contributed by atoms with Crippen LogP contribution in [0.3, 0.4) is 0 Å². The topological polar surface area (TPSA) is 61.5 Å². The number of benzene rings is 2. The van der Waals surface area contributed by atoms with Crippen molar-refractivity contribution in [3.05, 3.63) is 50.4 Å². The number of carbonyl (C=O) groups excluding carboxylic acids is 1. The molecule has 0 amide bonds. The molecule has 0 fully saturated rings. The number of carbonyl (C=O) groups is 1. The van der Waals surface area contributed by atoms with Crippen LogP contribution in [0.4, 0.5) is 5.69 Å². The fraction of sp³-hybridized carbons (Fsp3) is 0.133. The summed E-state index contributed by atoms with van der Waals surface area (Å²) >= 11 is 6.70. The first-order valence-corrected chi connectivity index (χ1v) is 7.57. The van der Waals surface area contributed by atoms with Crippen LogP contribution in [0, 0.1) is 0 Å². The van der Waals surface area contributed by atoms with E-state index in [1.807, 2.05) is 0 Å². The molecule has 0 saturated carbocycles. The second kappa shape index (κ2) is 6.49. The van der Waals surface area contributed by atoms with E-state index in [4.69, 9.17) is 15.2 Å². The van der Waals surface area contributed by atoms with Gasteiger partial charge >= 0.3 is 0 Å². The number of hydrogen-bond donors (Lipinski definition) is 1. The van der Waals surface area contributed by atoms with Crippen molar-refractivity contribution in [2.24, 2.45) is 0 Å². The number of nitrogen functional groups attached to an aromatic ring is 1. The molecule has 0 atom stereocenters. The highest BCUT2D eigenvalue weighted by molar-refractivity contribution is 9.11. The van der Waals surface area contributed by atoms with Crippen molar-refractivity contribution < 1.29 is 14.3 Å². The van der Waals surface area contributed by atoms with Crippen LogP contribution in [0.15, 0.2) is 39.3 Å². The molecule has 0 aliphatic heterocycles. The number of ketones is 1. The number of methoxy groups -OCH3 is 2. The summed E-state index contributed by atoms with van der Waals surface area (Å²) in [7, 11) is 3.06. The lowest BCUT2D eigenvalue weighted by Gasteiger charge is -2.12. The Labute approximate surface area is 139 Å². The van der Waals surface area contributed by atoms with Crippen molar-refractivity contribution in [3.8, 4) is 11.5 Å². The summed E-state index contributed by atoms with van der Waals surface area (Å²) in [5, 5.41) is 0. The Morgan fingerprint density at radius 1 is 1.05 bits per heavy atom. The maximum atomic E-state index is 12.7. The molecule has 0 heterocycles. The largest absolute Gasteiger partial charge is 0.497 e. The third-order valence-corrected chi connectivity index (χ3v) is 4.32. The highest BCUT2D eigenvalue weighted by atomic mass is 79.9. The van der Waals surface area contributed by atoms with Gasteiger partial charge in [-0.05, 0) is 56.1 Å². The Kier molecular flexibility index (Phi) is 4.90. The van der Waals surface area contributed by atoms with Gasteiger partial charge in [-0.3, -0.25) is 4.79 Å². The fourth-order valence-electron chi connectivity index (χ4n) is 1.89. The molecule has 0 aliphatic rings. The summed E-state index contributed by atoms with van der Waals surface area (Å²) in [5.41, 5.74) is 7.25. The van der Waals surface area contributed by atoms with Crippen molar-refractivity contribution in [2.75, 3.05) is 20.0 Å². The SMILES string of the molecule is COc1cc(Br)c(C(=O)c2ccc(Br)c(N)c2)c(OC)c1. The number of hydrogen-bond acceptors (Lipinski definition) is 4. The smallest absolute Gasteiger partial charge is 0.197 e. The molecule has 2 N–H and O–H groups in total. The Morgan fingerprint density at radius 3 is 2.33 bits per heavy atom. The summed E-state index contributed by atoms with van der Waals surface area (Å²) < 4.78 is 11.8. The van der Waals surface area contributed by atoms with Gasteiger partial charge in [-0.25, -0.2) is 0 Å². The average molecular weight is 415 g/mol. The third kappa shape index (κ3) is 3.22. The maximum absolute atomic E-state index is 12.7. The van der Waals surface area contributed by atoms with Crippen LogP contribution in [0.25, 0.3) is 0 Å². The molecule has 0 aromatic heterocycles. The van der Waals surface area contributed by atoms with Gasteiger partial charge < -0.3 is 15.2 Å². The first-order valence-electron chi connectivity index (χ1n) is 5.99. The predicted octanol–water partition coefficient (Wildman–Crippen LogP) is 4.04. The molecule has 110 valence electrons. The lowest BCUT2D eigenvalue weighted by molar-refractivity contribution is 0.103. The van der Waals surface area contributed by atoms with Crippen LogP contribution in [0.2, 0.25) is 0 Å². The van der Waals surface area contributed by atoms with Crippen LogP contribution < -0.4 is 15.2 Å². The van der Waals surface area contributed by atoms with E-state index in [1.54, 1.807) is 37.4 Å². The van der Waals surface area contributed by atoms with Crippen molar-refractivity contribution in [1.82, 2.24) is 0 Å². The molecular formula is C15H13Br2NO3. The minimum absolute atomic E-state index is 0.180. The van der Waals surface area contributed by atoms with Crippen LogP contribution in [0.1, 0.15) is 15.9 Å². The highest BCUT2D eigenvalue weighted by Gasteiger charge is 2.20. The molecule has 6 heteroatoms. The zero-order valence-electron chi connectivity index (χ0n) is 11.4. The average Bonchev–Trinajstić information content (AvgIpc) is 2.48. The molecule has 2 rings (SSSR count). The summed E-state index contributed by atoms with van der Waals surface area (Å²) in [4.78, 5) is 12.7. The Hall–Kier alpha value is -1.53. The van der Waals surface area contributed by atoms with Crippen LogP contribution >= 0.6 is 31.9 Å². The van der Waals surface area contributed by atoms with Crippen LogP contribution in [0.5, 0.6) is 11.5 Å². The Balaban J connectivity index is 2.54. The van der Waals surface area contributed by atoms with Gasteiger partial charge in [0.25, 0.3) is 0 Å². The predicted molar refractivity (Wildman–Crippen MR) is 89.2 cm³/mol. The fourth-order valence-corrected chi connectivity index (χ4v) is 2.73. The first-order chi connectivity index (χ1) is 9.97. The van der Waals surface area contributed by atoms with E-state index in [0.29, 0.717) is 32.8 Å². The Bertz CT molecular complexity index is 702. The molecule has 4 nitrogen and oxygen atoms in total. The molecule has 2 aromatic rings. The van der Waals surface area contributed by atoms with E-state index in [2.05, 4.69) is 31.9 Å². The van der Waals surface area contributed by atoms with Crippen molar-refractivity contribution in [2.45, 2.75) is 0 Å². The van der Waals surface area contributed by atoms with Gasteiger partial charge in [-0.2, -0.15) is 0 Å². The second-order valence-corrected chi connectivity index (χ2v) is 5.96. The van der Waals surface area contributed by atoms with Gasteiger partial charge in [-0.15, -0.1) is 0 Å². The molecule has 0 saturated heterocycles. The molecule has 0 radical (unpaired) electrons. The molecule has 2 aromatic carbocycles. The van der Waals surface area contributed by atoms with Crippen molar-refractivity contribution in [3.63, 3.8) is 0 Å². The molecule has 21 heavy (non-hydrogen) atoms. The molecule has 0 bridgehead atoms. The minimum atomic E-state index is -0.180. The number of rotatable bonds is 4. The van der Waals surface area contributed by atoms with Crippen molar-refractivity contribution in [1.29, 1.82) is 0 Å². The monoisotopic (exact) mass is 413 g/mol. The van der Waals surface area contributed by atoms with Gasteiger partial charge in [0, 0.05) is 26.3 Å². The van der Waals surface area contributed by atoms with Crippen LogP contribution in [-0.4, -0.2) is 20.0 Å². The first kappa shape index (κ1) is 15.9. The van der Waals surface area contributed by atoms with E-state index in [1.165, 1.54) is 7.11 Å². The van der Waals surface area contributed by atoms with Crippen molar-refractivity contribution >= 4 is 43.3 Å². The minimum Gasteiger partial charge on any atom is -0.497 e. The maximum Gasteiger partial charge on any atom is 0.197 e. The lowest BCUT2D eigenvalue weighted by atomic mass is 10.0. The van der Waals surface area contributed by atoms with Gasteiger partial charge in [0.05, 0.1) is 19.8 Å². The summed E-state index contributed by atoms with van der Waals surface area (Å²) in [5.74, 6) is 0.860. The summed E-state index contributed by atoms with van der Waals surface area (Å²) in [6, 6.07) is 8.46. The van der Waals surface area contributed by atoms with E-state index in [-0.39, 0.29) is 5.78 Å². The number of halogens is 2. The van der Waals surface area contributed by atoms with Crippen LogP contribution in [-0.2, 0) is 0 Å². The summed E-state index contributed by atoms with van der Waals surface area (Å²) in [6.07, 6.45) is 0. The van der Waals surface area contributed by atoms with Gasteiger partial charge in [-0.1, -0.05) is 0 Å². The van der Waals surface area contributed by atoms with E-state index >= 15 is 0 Å². The molecule has 0 unspecified atom stereocenters. The van der Waals surface area contributed by atoms with Gasteiger partial charge in [0.15, 0.2) is 5.78 Å². The quantitative estimate of drug-likeness (QED) is 0.605. The van der Waals surface area contributed by atoms with E-state index in [9.17, 15) is 4.79 Å². The standard InChI is InChI=1S/C15H13Br2NO3/c1-20-9-6-11(17)14(13(7-9)21-2)15(19)8-3-4-10(16)12(18)5-8/h3-7H,18H2,1-2H3.